The van der Waals surface area contributed by atoms with E-state index in [2.05, 4.69) is 10.0 Å². The Morgan fingerprint density at radius 1 is 0.591 bits per heavy atom. The number of ether oxygens (including phenoxy) is 8. The van der Waals surface area contributed by atoms with Gasteiger partial charge in [0.25, 0.3) is 10.1 Å². The normalized spacial score (nSPS) is 11.2. The van der Waals surface area contributed by atoms with E-state index < -0.39 is 10.1 Å². The van der Waals surface area contributed by atoms with Crippen LogP contribution < -0.4 is 0 Å². The minimum atomic E-state index is -3.75. The number of aliphatic hydroxyl groups excluding tert-OH is 2. The topological polar surface area (TPSA) is 206 Å². The Kier molecular flexibility index (Phi) is 31.0. The SMILES string of the molecule is Cc1ccc(S(=O)(=O)OCCOCCOCCOCCOCCO)cc1.[N-]=[N+]=NCCOCCOCCOCCOCCO. The first-order chi connectivity index (χ1) is 21.5. The Balaban J connectivity index is 0.000000902. The number of benzene rings is 1. The van der Waals surface area contributed by atoms with Gasteiger partial charge in [-0.1, -0.05) is 22.8 Å². The van der Waals surface area contributed by atoms with Gasteiger partial charge in [0, 0.05) is 11.5 Å². The van der Waals surface area contributed by atoms with E-state index in [1.807, 2.05) is 6.92 Å². The van der Waals surface area contributed by atoms with Gasteiger partial charge in [0.1, 0.15) is 0 Å². The number of aryl methyl sites for hydroxylation is 1. The molecule has 0 saturated carbocycles. The van der Waals surface area contributed by atoms with Crippen molar-refractivity contribution in [3.8, 4) is 0 Å². The average molecular weight is 656 g/mol. The van der Waals surface area contributed by atoms with E-state index in [4.69, 9.17) is 57.8 Å². The summed E-state index contributed by atoms with van der Waals surface area (Å²) in [5, 5.41) is 20.3. The molecular weight excluding hydrogens is 606 g/mol. The summed E-state index contributed by atoms with van der Waals surface area (Å²) in [4.78, 5) is 2.74. The summed E-state index contributed by atoms with van der Waals surface area (Å²) in [6, 6.07) is 6.46. The lowest BCUT2D eigenvalue weighted by molar-refractivity contribution is -0.00763. The average Bonchev–Trinajstić information content (AvgIpc) is 3.02. The Labute approximate surface area is 260 Å². The van der Waals surface area contributed by atoms with Gasteiger partial charge >= 0.3 is 0 Å². The lowest BCUT2D eigenvalue weighted by Crippen LogP contribution is -2.15. The third kappa shape index (κ3) is 28.8. The van der Waals surface area contributed by atoms with Crippen molar-refractivity contribution in [2.45, 2.75) is 11.8 Å². The smallest absolute Gasteiger partial charge is 0.297 e. The summed E-state index contributed by atoms with van der Waals surface area (Å²) in [6.07, 6.45) is 0. The molecule has 16 nitrogen and oxygen atoms in total. The number of nitrogens with zero attached hydrogens (tertiary/aromatic N) is 3. The maximum atomic E-state index is 11.9. The number of hydrogen-bond acceptors (Lipinski definition) is 14. The van der Waals surface area contributed by atoms with Gasteiger partial charge in [-0.25, -0.2) is 0 Å². The molecule has 0 aliphatic carbocycles. The quantitative estimate of drug-likeness (QED) is 0.0392. The molecule has 0 saturated heterocycles. The molecule has 0 heterocycles. The number of hydrogen-bond donors (Lipinski definition) is 2. The molecule has 0 amide bonds. The molecule has 0 bridgehead atoms. The van der Waals surface area contributed by atoms with Crippen LogP contribution in [0.2, 0.25) is 0 Å². The van der Waals surface area contributed by atoms with Gasteiger partial charge < -0.3 is 48.1 Å². The Morgan fingerprint density at radius 2 is 0.932 bits per heavy atom. The third-order valence-corrected chi connectivity index (χ3v) is 6.20. The van der Waals surface area contributed by atoms with Crippen molar-refractivity contribution in [1.29, 1.82) is 0 Å². The summed E-state index contributed by atoms with van der Waals surface area (Å²) < 4.78 is 70.2. The van der Waals surface area contributed by atoms with E-state index >= 15 is 0 Å². The highest BCUT2D eigenvalue weighted by Crippen LogP contribution is 2.12. The minimum Gasteiger partial charge on any atom is -0.394 e. The van der Waals surface area contributed by atoms with Crippen molar-refractivity contribution in [1.82, 2.24) is 0 Å². The van der Waals surface area contributed by atoms with Crippen LogP contribution in [0, 0.1) is 6.92 Å². The second-order valence-electron chi connectivity index (χ2n) is 8.39. The Bertz CT molecular complexity index is 905. The molecule has 0 radical (unpaired) electrons. The minimum absolute atomic E-state index is 0.00599. The van der Waals surface area contributed by atoms with Crippen LogP contribution in [0.15, 0.2) is 34.3 Å². The summed E-state index contributed by atoms with van der Waals surface area (Å²) >= 11 is 0. The van der Waals surface area contributed by atoms with E-state index in [-0.39, 0.29) is 31.3 Å². The molecule has 1 aromatic carbocycles. The molecule has 1 aromatic rings. The molecule has 0 aliphatic rings. The molecule has 0 aliphatic heterocycles. The van der Waals surface area contributed by atoms with E-state index in [0.29, 0.717) is 106 Å². The van der Waals surface area contributed by atoms with Gasteiger partial charge in [-0.3, -0.25) is 4.18 Å². The lowest BCUT2D eigenvalue weighted by atomic mass is 10.2. The van der Waals surface area contributed by atoms with Gasteiger partial charge in [0.2, 0.25) is 0 Å². The van der Waals surface area contributed by atoms with E-state index in [1.165, 1.54) is 12.1 Å². The molecular formula is C27H49N3O13S. The predicted molar refractivity (Wildman–Crippen MR) is 159 cm³/mol. The first-order valence-electron chi connectivity index (χ1n) is 14.3. The zero-order chi connectivity index (χ0) is 32.4. The highest BCUT2D eigenvalue weighted by Gasteiger charge is 2.14. The van der Waals surface area contributed by atoms with Crippen LogP contribution in [0.3, 0.4) is 0 Å². The van der Waals surface area contributed by atoms with Crippen molar-refractivity contribution in [3.63, 3.8) is 0 Å². The van der Waals surface area contributed by atoms with E-state index in [0.717, 1.165) is 5.56 Å². The second kappa shape index (κ2) is 32.4. The predicted octanol–water partition coefficient (Wildman–Crippen LogP) is 1.11. The summed E-state index contributed by atoms with van der Waals surface area (Å²) in [5.74, 6) is 0. The molecule has 0 aromatic heterocycles. The molecule has 44 heavy (non-hydrogen) atoms. The highest BCUT2D eigenvalue weighted by molar-refractivity contribution is 7.86. The molecule has 0 fully saturated rings. The zero-order valence-corrected chi connectivity index (χ0v) is 26.4. The summed E-state index contributed by atoms with van der Waals surface area (Å²) in [7, 11) is -3.75. The first-order valence-corrected chi connectivity index (χ1v) is 15.7. The van der Waals surface area contributed by atoms with Crippen molar-refractivity contribution in [2.24, 2.45) is 5.11 Å². The van der Waals surface area contributed by atoms with E-state index in [1.54, 1.807) is 12.1 Å². The van der Waals surface area contributed by atoms with E-state index in [9.17, 15) is 8.42 Å². The van der Waals surface area contributed by atoms with Crippen molar-refractivity contribution < 1.29 is 60.7 Å². The van der Waals surface area contributed by atoms with Gasteiger partial charge in [0.05, 0.1) is 130 Å². The monoisotopic (exact) mass is 655 g/mol. The largest absolute Gasteiger partial charge is 0.394 e. The maximum absolute atomic E-state index is 11.9. The van der Waals surface area contributed by atoms with Crippen LogP contribution in [0.1, 0.15) is 5.56 Å². The Hall–Kier alpha value is -1.96. The fourth-order valence-corrected chi connectivity index (χ4v) is 3.67. The van der Waals surface area contributed by atoms with Gasteiger partial charge in [-0.2, -0.15) is 8.42 Å². The molecule has 2 N–H and O–H groups in total. The molecule has 0 spiro atoms. The van der Waals surface area contributed by atoms with Crippen LogP contribution in [0.25, 0.3) is 10.4 Å². The molecule has 0 atom stereocenters. The van der Waals surface area contributed by atoms with Gasteiger partial charge in [-0.15, -0.1) is 0 Å². The molecule has 17 heteroatoms. The van der Waals surface area contributed by atoms with Crippen LogP contribution >= 0.6 is 0 Å². The first kappa shape index (κ1) is 42.0. The molecule has 256 valence electrons. The van der Waals surface area contributed by atoms with Crippen LogP contribution in [-0.2, 0) is 52.2 Å². The standard InChI is InChI=1S/C17H28O8S.C10H21N3O5/c1-16-2-4-17(5-3-16)26(19,20)25-15-14-24-13-12-23-11-10-22-9-8-21-7-6-18;11-13-12-1-3-15-5-7-17-9-10-18-8-6-16-4-2-14/h2-5,18H,6-15H2,1H3;14H,1-10H2. The highest BCUT2D eigenvalue weighted by atomic mass is 32.2. The number of azide groups is 1. The lowest BCUT2D eigenvalue weighted by Gasteiger charge is -2.08. The van der Waals surface area contributed by atoms with Crippen LogP contribution in [0.5, 0.6) is 0 Å². The van der Waals surface area contributed by atoms with Gasteiger partial charge in [0.15, 0.2) is 0 Å². The Morgan fingerprint density at radius 3 is 1.30 bits per heavy atom. The summed E-state index contributed by atoms with van der Waals surface area (Å²) in [6.45, 7) is 8.85. The van der Waals surface area contributed by atoms with Crippen LogP contribution in [0.4, 0.5) is 0 Å². The maximum Gasteiger partial charge on any atom is 0.297 e. The number of rotatable bonds is 30. The van der Waals surface area contributed by atoms with Crippen molar-refractivity contribution in [2.75, 3.05) is 132 Å². The fourth-order valence-electron chi connectivity index (χ4n) is 2.78. The molecule has 1 rings (SSSR count). The van der Waals surface area contributed by atoms with Crippen molar-refractivity contribution in [3.05, 3.63) is 40.3 Å². The summed E-state index contributed by atoms with van der Waals surface area (Å²) in [5.41, 5.74) is 8.98. The van der Waals surface area contributed by atoms with Crippen molar-refractivity contribution >= 4 is 10.1 Å². The molecule has 0 unspecified atom stereocenters. The zero-order valence-electron chi connectivity index (χ0n) is 25.6. The second-order valence-corrected chi connectivity index (χ2v) is 10.0. The number of aliphatic hydroxyl groups is 2. The third-order valence-electron chi connectivity index (χ3n) is 4.88. The van der Waals surface area contributed by atoms with Gasteiger partial charge in [-0.05, 0) is 24.6 Å². The fraction of sp³-hybridized carbons (Fsp3) is 0.778. The van der Waals surface area contributed by atoms with Crippen LogP contribution in [-0.4, -0.2) is 151 Å².